The number of methoxy groups -OCH3 is 1. The Morgan fingerprint density at radius 2 is 2.07 bits per heavy atom. The summed E-state index contributed by atoms with van der Waals surface area (Å²) >= 11 is 0. The number of hydrogen-bond acceptors (Lipinski definition) is 5. The zero-order valence-electron chi connectivity index (χ0n) is 16.1. The zero-order chi connectivity index (χ0) is 20.0. The predicted octanol–water partition coefficient (Wildman–Crippen LogP) is 2.15. The average molecular weight is 395 g/mol. The number of nitrogens with zero attached hydrogens (tertiary/aromatic N) is 5. The molecule has 3 aromatic rings. The van der Waals surface area contributed by atoms with Crippen LogP contribution in [0.4, 0.5) is 10.3 Å². The second-order valence-corrected chi connectivity index (χ2v) is 7.74. The first kappa shape index (κ1) is 18.1. The van der Waals surface area contributed by atoms with Gasteiger partial charge in [0.25, 0.3) is 0 Å². The number of amides is 1. The number of anilines is 1. The lowest BCUT2D eigenvalue weighted by Gasteiger charge is -2.30. The van der Waals surface area contributed by atoms with E-state index in [2.05, 4.69) is 15.1 Å². The Kier molecular flexibility index (Phi) is 4.43. The van der Waals surface area contributed by atoms with E-state index in [1.165, 1.54) is 19.2 Å². The molecule has 1 aromatic carbocycles. The maximum absolute atomic E-state index is 14.0. The van der Waals surface area contributed by atoms with E-state index in [4.69, 9.17) is 4.74 Å². The first-order valence-corrected chi connectivity index (χ1v) is 9.74. The lowest BCUT2D eigenvalue weighted by molar-refractivity contribution is -0.136. The van der Waals surface area contributed by atoms with Crippen LogP contribution in [0, 0.1) is 17.7 Å². The van der Waals surface area contributed by atoms with Crippen LogP contribution < -0.4 is 4.90 Å². The molecule has 0 spiro atoms. The van der Waals surface area contributed by atoms with Crippen LogP contribution in [-0.4, -0.2) is 58.8 Å². The molecule has 2 aliphatic rings. The van der Waals surface area contributed by atoms with Gasteiger partial charge in [-0.3, -0.25) is 9.20 Å². The van der Waals surface area contributed by atoms with E-state index >= 15 is 0 Å². The Bertz CT molecular complexity index is 1050. The van der Waals surface area contributed by atoms with Gasteiger partial charge in [-0.2, -0.15) is 0 Å². The third-order valence-electron chi connectivity index (χ3n) is 6.02. The Morgan fingerprint density at radius 1 is 1.17 bits per heavy atom. The minimum Gasteiger partial charge on any atom is -0.375 e. The van der Waals surface area contributed by atoms with E-state index in [0.29, 0.717) is 6.54 Å². The first-order chi connectivity index (χ1) is 14.2. The van der Waals surface area contributed by atoms with E-state index in [1.807, 2.05) is 39.8 Å². The number of ether oxygens (including phenoxy) is 1. The van der Waals surface area contributed by atoms with Crippen molar-refractivity contribution in [2.75, 3.05) is 38.3 Å². The van der Waals surface area contributed by atoms with Crippen molar-refractivity contribution in [3.05, 3.63) is 60.0 Å². The monoisotopic (exact) mass is 395 g/mol. The number of benzene rings is 1. The molecule has 29 heavy (non-hydrogen) atoms. The van der Waals surface area contributed by atoms with Gasteiger partial charge in [-0.25, -0.2) is 4.39 Å². The van der Waals surface area contributed by atoms with Gasteiger partial charge in [-0.1, -0.05) is 18.2 Å². The Labute approximate surface area is 167 Å². The number of halogens is 1. The molecule has 0 saturated carbocycles. The van der Waals surface area contributed by atoms with Crippen LogP contribution in [0.3, 0.4) is 0 Å². The summed E-state index contributed by atoms with van der Waals surface area (Å²) in [6.07, 6.45) is 1.96. The van der Waals surface area contributed by atoms with Crippen LogP contribution in [0.1, 0.15) is 11.6 Å². The molecule has 0 radical (unpaired) electrons. The molecule has 3 atom stereocenters. The number of likely N-dealkylation sites (tertiary alicyclic amines) is 1. The fourth-order valence-electron chi connectivity index (χ4n) is 4.83. The highest BCUT2D eigenvalue weighted by Gasteiger charge is 2.49. The summed E-state index contributed by atoms with van der Waals surface area (Å²) in [4.78, 5) is 16.8. The van der Waals surface area contributed by atoms with Crippen LogP contribution in [0.2, 0.25) is 0 Å². The maximum Gasteiger partial charge on any atom is 0.249 e. The van der Waals surface area contributed by atoms with Gasteiger partial charge in [-0.05, 0) is 29.8 Å². The molecule has 5 rings (SSSR count). The molecule has 7 nitrogen and oxygen atoms in total. The lowest BCUT2D eigenvalue weighted by Crippen LogP contribution is -2.37. The summed E-state index contributed by atoms with van der Waals surface area (Å²) in [7, 11) is 1.52. The molecule has 2 aromatic heterocycles. The number of aromatic nitrogens is 3. The highest BCUT2D eigenvalue weighted by molar-refractivity contribution is 5.78. The number of pyridine rings is 1. The van der Waals surface area contributed by atoms with Crippen LogP contribution in [-0.2, 0) is 9.53 Å². The molecule has 2 aliphatic heterocycles. The van der Waals surface area contributed by atoms with Gasteiger partial charge in [0.15, 0.2) is 5.65 Å². The fraction of sp³-hybridized carbons (Fsp3) is 0.381. The van der Waals surface area contributed by atoms with Crippen LogP contribution in [0.25, 0.3) is 5.65 Å². The topological polar surface area (TPSA) is 63.0 Å². The van der Waals surface area contributed by atoms with Gasteiger partial charge < -0.3 is 14.5 Å². The standard InChI is InChI=1S/C21H22FN5O2/c1-29-13-19(28)27-11-15-10-25(21-24-23-18-7-2-3-8-26(18)21)12-17(15)20(27)14-5-4-6-16(22)9-14/h2-9,15,17,20H,10-13H2,1H3/t15-,17-,20+/m1/s1. The summed E-state index contributed by atoms with van der Waals surface area (Å²) < 4.78 is 21.0. The molecule has 0 aliphatic carbocycles. The molecule has 0 N–H and O–H groups in total. The molecule has 0 bridgehead atoms. The summed E-state index contributed by atoms with van der Waals surface area (Å²) in [5, 5.41) is 8.63. The smallest absolute Gasteiger partial charge is 0.249 e. The van der Waals surface area contributed by atoms with Crippen molar-refractivity contribution in [1.29, 1.82) is 0 Å². The van der Waals surface area contributed by atoms with Crippen molar-refractivity contribution >= 4 is 17.5 Å². The van der Waals surface area contributed by atoms with Crippen molar-refractivity contribution < 1.29 is 13.9 Å². The van der Waals surface area contributed by atoms with Crippen molar-refractivity contribution in [3.8, 4) is 0 Å². The third kappa shape index (κ3) is 3.04. The number of fused-ring (bicyclic) bond motifs is 2. The number of carbonyl (C=O) groups excluding carboxylic acids is 1. The van der Waals surface area contributed by atoms with Gasteiger partial charge in [0.1, 0.15) is 12.4 Å². The van der Waals surface area contributed by atoms with Crippen LogP contribution in [0.5, 0.6) is 0 Å². The molecular weight excluding hydrogens is 373 g/mol. The SMILES string of the molecule is COCC(=O)N1C[C@H]2CN(c3nnc4ccccn34)C[C@H]2[C@@H]1c1cccc(F)c1. The van der Waals surface area contributed by atoms with E-state index < -0.39 is 0 Å². The lowest BCUT2D eigenvalue weighted by atomic mass is 9.89. The summed E-state index contributed by atoms with van der Waals surface area (Å²) in [6.45, 7) is 2.17. The largest absolute Gasteiger partial charge is 0.375 e. The Morgan fingerprint density at radius 3 is 2.90 bits per heavy atom. The fourth-order valence-corrected chi connectivity index (χ4v) is 4.83. The van der Waals surface area contributed by atoms with E-state index in [0.717, 1.165) is 30.2 Å². The minimum absolute atomic E-state index is 0.0315. The van der Waals surface area contributed by atoms with Crippen molar-refractivity contribution in [1.82, 2.24) is 19.5 Å². The average Bonchev–Trinajstić information content (AvgIpc) is 3.39. The van der Waals surface area contributed by atoms with E-state index in [1.54, 1.807) is 6.07 Å². The predicted molar refractivity (Wildman–Crippen MR) is 105 cm³/mol. The second kappa shape index (κ2) is 7.11. The van der Waals surface area contributed by atoms with Crippen molar-refractivity contribution in [2.45, 2.75) is 6.04 Å². The Hall–Kier alpha value is -3.00. The van der Waals surface area contributed by atoms with Crippen LogP contribution in [0.15, 0.2) is 48.7 Å². The minimum atomic E-state index is -0.289. The molecular formula is C21H22FN5O2. The number of hydrogen-bond donors (Lipinski definition) is 0. The maximum atomic E-state index is 14.0. The van der Waals surface area contributed by atoms with Gasteiger partial charge in [0.2, 0.25) is 11.9 Å². The first-order valence-electron chi connectivity index (χ1n) is 9.74. The third-order valence-corrected chi connectivity index (χ3v) is 6.02. The summed E-state index contributed by atoms with van der Waals surface area (Å²) in [5.74, 6) is 0.926. The molecule has 0 unspecified atom stereocenters. The van der Waals surface area contributed by atoms with E-state index in [9.17, 15) is 9.18 Å². The molecule has 2 fully saturated rings. The highest BCUT2D eigenvalue weighted by atomic mass is 19.1. The Balaban J connectivity index is 1.47. The molecule has 8 heteroatoms. The quantitative estimate of drug-likeness (QED) is 0.677. The summed E-state index contributed by atoms with van der Waals surface area (Å²) in [5.41, 5.74) is 1.63. The van der Waals surface area contributed by atoms with Gasteiger partial charge in [-0.15, -0.1) is 10.2 Å². The summed E-state index contributed by atoms with van der Waals surface area (Å²) in [6, 6.07) is 12.2. The van der Waals surface area contributed by atoms with Gasteiger partial charge >= 0.3 is 0 Å². The number of carbonyl (C=O) groups is 1. The molecule has 1 amide bonds. The van der Waals surface area contributed by atoms with E-state index in [-0.39, 0.29) is 36.2 Å². The van der Waals surface area contributed by atoms with Crippen molar-refractivity contribution in [2.24, 2.45) is 11.8 Å². The highest BCUT2D eigenvalue weighted by Crippen LogP contribution is 2.45. The second-order valence-electron chi connectivity index (χ2n) is 7.74. The zero-order valence-corrected chi connectivity index (χ0v) is 16.1. The molecule has 2 saturated heterocycles. The van der Waals surface area contributed by atoms with Crippen LogP contribution >= 0.6 is 0 Å². The normalized spacial score (nSPS) is 23.7. The van der Waals surface area contributed by atoms with Crippen molar-refractivity contribution in [3.63, 3.8) is 0 Å². The van der Waals surface area contributed by atoms with Gasteiger partial charge in [0.05, 0.1) is 6.04 Å². The number of rotatable bonds is 4. The molecule has 150 valence electrons. The van der Waals surface area contributed by atoms with Gasteiger partial charge in [0, 0.05) is 44.8 Å². The molecule has 4 heterocycles.